The quantitative estimate of drug-likeness (QED) is 0.435. The number of fused-ring (bicyclic) bond motifs is 1. The highest BCUT2D eigenvalue weighted by Gasteiger charge is 2.17. The summed E-state index contributed by atoms with van der Waals surface area (Å²) in [5.41, 5.74) is 1.18. The van der Waals surface area contributed by atoms with Crippen molar-refractivity contribution in [3.05, 3.63) is 82.5 Å². The standard InChI is InChI=1S/C22H20N2O4S2/c1-2-14-24-20-13-12-19(15-21(20)29-22(24)25)30(26,27)23-16-8-10-18(11-9-16)28-17-6-4-3-5-7-17/h3-13,15,23H,2,14H2,1H3. The third kappa shape index (κ3) is 4.24. The Morgan fingerprint density at radius 1 is 0.967 bits per heavy atom. The Balaban J connectivity index is 1.54. The van der Waals surface area contributed by atoms with Gasteiger partial charge in [0.25, 0.3) is 10.0 Å². The highest BCUT2D eigenvalue weighted by molar-refractivity contribution is 7.92. The first-order valence-electron chi connectivity index (χ1n) is 9.45. The number of sulfonamides is 1. The summed E-state index contributed by atoms with van der Waals surface area (Å²) in [7, 11) is -3.79. The van der Waals surface area contributed by atoms with Crippen molar-refractivity contribution < 1.29 is 13.2 Å². The molecule has 0 radical (unpaired) electrons. The molecule has 0 atom stereocenters. The van der Waals surface area contributed by atoms with Crippen molar-refractivity contribution in [2.45, 2.75) is 24.8 Å². The van der Waals surface area contributed by atoms with Crippen molar-refractivity contribution in [1.82, 2.24) is 4.57 Å². The van der Waals surface area contributed by atoms with Gasteiger partial charge < -0.3 is 4.74 Å². The Labute approximate surface area is 178 Å². The molecule has 0 aliphatic carbocycles. The number of thiazole rings is 1. The van der Waals surface area contributed by atoms with Crippen LogP contribution in [0.1, 0.15) is 13.3 Å². The van der Waals surface area contributed by atoms with E-state index < -0.39 is 10.0 Å². The SMILES string of the molecule is CCCn1c(=O)sc2cc(S(=O)(=O)Nc3ccc(Oc4ccccc4)cc3)ccc21. The lowest BCUT2D eigenvalue weighted by atomic mass is 10.3. The molecule has 0 aliphatic heterocycles. The number of rotatable bonds is 7. The maximum Gasteiger partial charge on any atom is 0.308 e. The van der Waals surface area contributed by atoms with Gasteiger partial charge in [0, 0.05) is 12.2 Å². The van der Waals surface area contributed by atoms with Crippen LogP contribution in [-0.2, 0) is 16.6 Å². The minimum atomic E-state index is -3.79. The normalized spacial score (nSPS) is 11.5. The van der Waals surface area contributed by atoms with Crippen LogP contribution in [0.5, 0.6) is 11.5 Å². The van der Waals surface area contributed by atoms with E-state index in [4.69, 9.17) is 4.74 Å². The van der Waals surface area contributed by atoms with Gasteiger partial charge in [0.1, 0.15) is 11.5 Å². The van der Waals surface area contributed by atoms with Gasteiger partial charge in [-0.3, -0.25) is 14.1 Å². The van der Waals surface area contributed by atoms with Crippen LogP contribution in [0.2, 0.25) is 0 Å². The molecule has 4 rings (SSSR count). The molecule has 3 aromatic carbocycles. The number of nitrogens with zero attached hydrogens (tertiary/aromatic N) is 1. The third-order valence-corrected chi connectivity index (χ3v) is 6.80. The number of nitrogens with one attached hydrogen (secondary N) is 1. The summed E-state index contributed by atoms with van der Waals surface area (Å²) in [4.78, 5) is 12.2. The fourth-order valence-corrected chi connectivity index (χ4v) is 5.19. The number of aromatic nitrogens is 1. The molecule has 0 saturated heterocycles. The first kappa shape index (κ1) is 20.2. The average Bonchev–Trinajstić information content (AvgIpc) is 3.05. The van der Waals surface area contributed by atoms with Crippen LogP contribution in [-0.4, -0.2) is 13.0 Å². The van der Waals surface area contributed by atoms with E-state index in [1.807, 2.05) is 37.3 Å². The molecule has 6 nitrogen and oxygen atoms in total. The molecule has 1 aromatic heterocycles. The average molecular weight is 441 g/mol. The summed E-state index contributed by atoms with van der Waals surface area (Å²) in [6.45, 7) is 2.61. The van der Waals surface area contributed by atoms with Crippen molar-refractivity contribution in [1.29, 1.82) is 0 Å². The van der Waals surface area contributed by atoms with Crippen LogP contribution in [0, 0.1) is 0 Å². The predicted molar refractivity (Wildman–Crippen MR) is 120 cm³/mol. The molecule has 0 aliphatic rings. The van der Waals surface area contributed by atoms with Gasteiger partial charge in [-0.1, -0.05) is 36.5 Å². The van der Waals surface area contributed by atoms with Gasteiger partial charge in [0.05, 0.1) is 15.1 Å². The van der Waals surface area contributed by atoms with Crippen molar-refractivity contribution in [3.8, 4) is 11.5 Å². The number of hydrogen-bond acceptors (Lipinski definition) is 5. The Morgan fingerprint density at radius 3 is 2.37 bits per heavy atom. The topological polar surface area (TPSA) is 77.4 Å². The Morgan fingerprint density at radius 2 is 1.67 bits per heavy atom. The molecule has 0 fully saturated rings. The molecule has 1 N–H and O–H groups in total. The van der Waals surface area contributed by atoms with E-state index in [0.717, 1.165) is 23.3 Å². The van der Waals surface area contributed by atoms with Gasteiger partial charge >= 0.3 is 4.87 Å². The number of aryl methyl sites for hydroxylation is 1. The summed E-state index contributed by atoms with van der Waals surface area (Å²) in [5, 5.41) is 0. The van der Waals surface area contributed by atoms with E-state index in [1.165, 1.54) is 6.07 Å². The smallest absolute Gasteiger partial charge is 0.308 e. The van der Waals surface area contributed by atoms with E-state index in [9.17, 15) is 13.2 Å². The minimum absolute atomic E-state index is 0.0802. The van der Waals surface area contributed by atoms with E-state index in [0.29, 0.717) is 28.4 Å². The molecular formula is C22H20N2O4S2. The van der Waals surface area contributed by atoms with Crippen LogP contribution >= 0.6 is 11.3 Å². The van der Waals surface area contributed by atoms with Gasteiger partial charge in [0.2, 0.25) is 0 Å². The van der Waals surface area contributed by atoms with Crippen molar-refractivity contribution in [2.75, 3.05) is 4.72 Å². The van der Waals surface area contributed by atoms with Crippen LogP contribution in [0.3, 0.4) is 0 Å². The minimum Gasteiger partial charge on any atom is -0.457 e. The zero-order valence-corrected chi connectivity index (χ0v) is 17.9. The molecule has 0 unspecified atom stereocenters. The molecule has 1 heterocycles. The van der Waals surface area contributed by atoms with Crippen molar-refractivity contribution in [3.63, 3.8) is 0 Å². The molecule has 0 bridgehead atoms. The molecule has 154 valence electrons. The Kier molecular flexibility index (Phi) is 5.61. The molecular weight excluding hydrogens is 420 g/mol. The number of hydrogen-bond donors (Lipinski definition) is 1. The van der Waals surface area contributed by atoms with Crippen molar-refractivity contribution >= 4 is 37.3 Å². The van der Waals surface area contributed by atoms with E-state index >= 15 is 0 Å². The first-order chi connectivity index (χ1) is 14.5. The first-order valence-corrected chi connectivity index (χ1v) is 11.8. The predicted octanol–water partition coefficient (Wildman–Crippen LogP) is 5.07. The highest BCUT2D eigenvalue weighted by atomic mass is 32.2. The molecule has 8 heteroatoms. The van der Waals surface area contributed by atoms with E-state index in [2.05, 4.69) is 4.72 Å². The zero-order valence-electron chi connectivity index (χ0n) is 16.2. The fourth-order valence-electron chi connectivity index (χ4n) is 3.08. The fraction of sp³-hybridized carbons (Fsp3) is 0.136. The number of ether oxygens (including phenoxy) is 1. The largest absolute Gasteiger partial charge is 0.457 e. The van der Waals surface area contributed by atoms with Crippen molar-refractivity contribution in [2.24, 2.45) is 0 Å². The number of benzene rings is 3. The van der Waals surface area contributed by atoms with Crippen LogP contribution in [0.15, 0.2) is 82.5 Å². The van der Waals surface area contributed by atoms with Gasteiger partial charge in [-0.2, -0.15) is 0 Å². The third-order valence-electron chi connectivity index (χ3n) is 4.48. The van der Waals surface area contributed by atoms with E-state index in [1.54, 1.807) is 41.0 Å². The van der Waals surface area contributed by atoms with Crippen LogP contribution in [0.25, 0.3) is 10.2 Å². The Bertz CT molecular complexity index is 1330. The summed E-state index contributed by atoms with van der Waals surface area (Å²) in [6, 6.07) is 20.8. The summed E-state index contributed by atoms with van der Waals surface area (Å²) in [5.74, 6) is 1.31. The number of para-hydroxylation sites is 1. The summed E-state index contributed by atoms with van der Waals surface area (Å²) in [6.07, 6.45) is 0.831. The second-order valence-corrected chi connectivity index (χ2v) is 9.37. The molecule has 0 amide bonds. The lowest BCUT2D eigenvalue weighted by Gasteiger charge is -2.10. The van der Waals surface area contributed by atoms with Gasteiger partial charge in [-0.15, -0.1) is 0 Å². The maximum absolute atomic E-state index is 12.8. The summed E-state index contributed by atoms with van der Waals surface area (Å²) < 4.78 is 36.3. The van der Waals surface area contributed by atoms with Crippen LogP contribution in [0.4, 0.5) is 5.69 Å². The molecule has 0 saturated carbocycles. The maximum atomic E-state index is 12.8. The lowest BCUT2D eigenvalue weighted by Crippen LogP contribution is -2.13. The Hall–Kier alpha value is -3.10. The van der Waals surface area contributed by atoms with E-state index in [-0.39, 0.29) is 9.77 Å². The zero-order chi connectivity index (χ0) is 21.1. The van der Waals surface area contributed by atoms with Gasteiger partial charge in [-0.25, -0.2) is 8.42 Å². The lowest BCUT2D eigenvalue weighted by molar-refractivity contribution is 0.483. The highest BCUT2D eigenvalue weighted by Crippen LogP contribution is 2.26. The monoisotopic (exact) mass is 440 g/mol. The molecule has 0 spiro atoms. The van der Waals surface area contributed by atoms with Gasteiger partial charge in [0.15, 0.2) is 0 Å². The molecule has 30 heavy (non-hydrogen) atoms. The van der Waals surface area contributed by atoms with Crippen LogP contribution < -0.4 is 14.3 Å². The summed E-state index contributed by atoms with van der Waals surface area (Å²) >= 11 is 1.06. The second kappa shape index (κ2) is 8.33. The molecule has 4 aromatic rings. The van der Waals surface area contributed by atoms with Gasteiger partial charge in [-0.05, 0) is 61.0 Å². The number of anilines is 1. The second-order valence-electron chi connectivity index (χ2n) is 6.69.